The third kappa shape index (κ3) is 3.65. The molecule has 0 spiro atoms. The van der Waals surface area contributed by atoms with Gasteiger partial charge in [-0.3, -0.25) is 9.59 Å². The Hall–Kier alpha value is -1.89. The van der Waals surface area contributed by atoms with E-state index >= 15 is 0 Å². The monoisotopic (exact) mass is 326 g/mol. The van der Waals surface area contributed by atoms with Gasteiger partial charge >= 0.3 is 5.97 Å². The zero-order chi connectivity index (χ0) is 17.2. The molecule has 0 unspecified atom stereocenters. The van der Waals surface area contributed by atoms with Gasteiger partial charge in [0, 0.05) is 19.5 Å². The minimum atomic E-state index is -0.614. The normalized spacial score (nSPS) is 11.0. The molecule has 1 aromatic rings. The Morgan fingerprint density at radius 1 is 1.18 bits per heavy atom. The molecule has 0 aliphatic rings. The van der Waals surface area contributed by atoms with E-state index in [0.29, 0.717) is 15.4 Å². The summed E-state index contributed by atoms with van der Waals surface area (Å²) in [6.07, 6.45) is 0. The molecule has 0 saturated heterocycles. The topological polar surface area (TPSA) is 75.7 Å². The molecule has 0 saturated carbocycles. The first kappa shape index (κ1) is 18.2. The highest BCUT2D eigenvalue weighted by Crippen LogP contribution is 2.35. The molecule has 0 radical (unpaired) electrons. The first-order valence-electron chi connectivity index (χ1n) is 6.75. The maximum absolute atomic E-state index is 12.2. The summed E-state index contributed by atoms with van der Waals surface area (Å²) in [7, 11) is 4.53. The highest BCUT2D eigenvalue weighted by Gasteiger charge is 2.29. The van der Waals surface area contributed by atoms with Crippen molar-refractivity contribution in [2.75, 3.05) is 26.5 Å². The Kier molecular flexibility index (Phi) is 5.35. The quantitative estimate of drug-likeness (QED) is 0.866. The first-order valence-corrected chi connectivity index (χ1v) is 7.57. The Morgan fingerprint density at radius 2 is 1.73 bits per heavy atom. The van der Waals surface area contributed by atoms with Crippen molar-refractivity contribution < 1.29 is 19.1 Å². The second-order valence-electron chi connectivity index (χ2n) is 6.16. The fourth-order valence-electron chi connectivity index (χ4n) is 1.65. The van der Waals surface area contributed by atoms with Crippen molar-refractivity contribution in [3.8, 4) is 0 Å². The van der Waals surface area contributed by atoms with Crippen molar-refractivity contribution >= 4 is 34.1 Å². The van der Waals surface area contributed by atoms with Gasteiger partial charge in [-0.05, 0) is 12.5 Å². The van der Waals surface area contributed by atoms with Crippen molar-refractivity contribution in [3.63, 3.8) is 0 Å². The number of carbonyl (C=O) groups is 3. The lowest BCUT2D eigenvalue weighted by Gasteiger charge is -2.17. The lowest BCUT2D eigenvalue weighted by molar-refractivity contribution is -0.123. The van der Waals surface area contributed by atoms with Crippen molar-refractivity contribution in [3.05, 3.63) is 16.0 Å². The molecular weight excluding hydrogens is 304 g/mol. The van der Waals surface area contributed by atoms with Crippen LogP contribution in [-0.2, 0) is 9.53 Å². The smallest absolute Gasteiger partial charge is 0.341 e. The average Bonchev–Trinajstić information content (AvgIpc) is 2.72. The summed E-state index contributed by atoms with van der Waals surface area (Å²) in [5.74, 6) is -1.03. The predicted octanol–water partition coefficient (Wildman–Crippen LogP) is 2.53. The molecule has 0 aliphatic heterocycles. The van der Waals surface area contributed by atoms with E-state index in [1.54, 1.807) is 41.8 Å². The number of anilines is 1. The molecule has 22 heavy (non-hydrogen) atoms. The number of amides is 2. The van der Waals surface area contributed by atoms with Crippen LogP contribution >= 0.6 is 11.3 Å². The number of hydrogen-bond acceptors (Lipinski definition) is 5. The van der Waals surface area contributed by atoms with E-state index in [1.807, 2.05) is 0 Å². The van der Waals surface area contributed by atoms with Gasteiger partial charge in [0.15, 0.2) is 0 Å². The number of carbonyl (C=O) groups excluding carboxylic acids is 3. The predicted molar refractivity (Wildman–Crippen MR) is 86.5 cm³/mol. The molecule has 0 bridgehead atoms. The Morgan fingerprint density at radius 3 is 2.14 bits per heavy atom. The fraction of sp³-hybridized carbons (Fsp3) is 0.533. The SMILES string of the molecule is COC(=O)c1c(NC(=O)C(C)(C)C)sc(C(=O)N(C)C)c1C. The van der Waals surface area contributed by atoms with E-state index in [-0.39, 0.29) is 17.4 Å². The zero-order valence-electron chi connectivity index (χ0n) is 14.0. The highest BCUT2D eigenvalue weighted by molar-refractivity contribution is 7.18. The van der Waals surface area contributed by atoms with E-state index in [4.69, 9.17) is 4.74 Å². The minimum Gasteiger partial charge on any atom is -0.465 e. The maximum atomic E-state index is 12.2. The van der Waals surface area contributed by atoms with Gasteiger partial charge in [-0.25, -0.2) is 4.79 Å². The molecule has 0 fully saturated rings. The number of nitrogens with zero attached hydrogens (tertiary/aromatic N) is 1. The van der Waals surface area contributed by atoms with Crippen molar-refractivity contribution in [2.45, 2.75) is 27.7 Å². The molecule has 1 N–H and O–H groups in total. The zero-order valence-corrected chi connectivity index (χ0v) is 14.8. The number of rotatable bonds is 3. The summed E-state index contributed by atoms with van der Waals surface area (Å²) in [5, 5.41) is 3.07. The number of thiophene rings is 1. The molecule has 2 amide bonds. The van der Waals surface area contributed by atoms with Crippen LogP contribution in [0.25, 0.3) is 0 Å². The molecule has 1 heterocycles. The number of ether oxygens (including phenoxy) is 1. The van der Waals surface area contributed by atoms with Crippen LogP contribution in [0.1, 0.15) is 46.4 Å². The van der Waals surface area contributed by atoms with E-state index in [2.05, 4.69) is 5.32 Å². The summed E-state index contributed by atoms with van der Waals surface area (Å²) in [5.41, 5.74) is 0.131. The lowest BCUT2D eigenvalue weighted by atomic mass is 9.96. The van der Waals surface area contributed by atoms with Gasteiger partial charge in [-0.1, -0.05) is 20.8 Å². The molecule has 122 valence electrons. The second kappa shape index (κ2) is 6.48. The Balaban J connectivity index is 3.37. The van der Waals surface area contributed by atoms with Crippen LogP contribution in [0.3, 0.4) is 0 Å². The summed E-state index contributed by atoms with van der Waals surface area (Å²) in [6.45, 7) is 6.98. The van der Waals surface area contributed by atoms with E-state index in [1.165, 1.54) is 12.0 Å². The van der Waals surface area contributed by atoms with Crippen LogP contribution in [0.5, 0.6) is 0 Å². The van der Waals surface area contributed by atoms with Crippen LogP contribution in [0.2, 0.25) is 0 Å². The minimum absolute atomic E-state index is 0.219. The van der Waals surface area contributed by atoms with Gasteiger partial charge in [0.05, 0.1) is 17.6 Å². The van der Waals surface area contributed by atoms with Gasteiger partial charge in [0.1, 0.15) is 5.00 Å². The second-order valence-corrected chi connectivity index (χ2v) is 7.18. The molecule has 0 aliphatic carbocycles. The van der Waals surface area contributed by atoms with Gasteiger partial charge in [0.2, 0.25) is 5.91 Å². The molecule has 1 aromatic heterocycles. The summed E-state index contributed by atoms with van der Waals surface area (Å²) in [4.78, 5) is 38.2. The maximum Gasteiger partial charge on any atom is 0.341 e. The van der Waals surface area contributed by atoms with Crippen molar-refractivity contribution in [1.29, 1.82) is 0 Å². The molecule has 0 atom stereocenters. The van der Waals surface area contributed by atoms with Crippen molar-refractivity contribution in [2.24, 2.45) is 5.41 Å². The molecule has 7 heteroatoms. The van der Waals surface area contributed by atoms with Crippen LogP contribution in [0.4, 0.5) is 5.00 Å². The van der Waals surface area contributed by atoms with Gasteiger partial charge < -0.3 is 15.0 Å². The Labute approximate surface area is 134 Å². The third-order valence-electron chi connectivity index (χ3n) is 3.04. The number of hydrogen-bond donors (Lipinski definition) is 1. The van der Waals surface area contributed by atoms with Crippen LogP contribution < -0.4 is 5.32 Å². The lowest BCUT2D eigenvalue weighted by Crippen LogP contribution is -2.28. The van der Waals surface area contributed by atoms with Crippen LogP contribution in [0, 0.1) is 12.3 Å². The standard InChI is InChI=1S/C15H22N2O4S/c1-8-9(13(19)21-7)11(16-14(20)15(2,3)4)22-10(8)12(18)17(5)6/h1-7H3,(H,16,20). The van der Waals surface area contributed by atoms with E-state index in [0.717, 1.165) is 11.3 Å². The Bertz CT molecular complexity index is 612. The van der Waals surface area contributed by atoms with Gasteiger partial charge in [-0.15, -0.1) is 11.3 Å². The van der Waals surface area contributed by atoms with E-state index < -0.39 is 11.4 Å². The number of esters is 1. The molecular formula is C15H22N2O4S. The summed E-state index contributed by atoms with van der Waals surface area (Å²) in [6, 6.07) is 0. The number of methoxy groups -OCH3 is 1. The van der Waals surface area contributed by atoms with Gasteiger partial charge in [-0.2, -0.15) is 0 Å². The first-order chi connectivity index (χ1) is 10.0. The average molecular weight is 326 g/mol. The molecule has 0 aromatic carbocycles. The van der Waals surface area contributed by atoms with Crippen molar-refractivity contribution in [1.82, 2.24) is 4.90 Å². The molecule has 6 nitrogen and oxygen atoms in total. The van der Waals surface area contributed by atoms with Crippen LogP contribution in [-0.4, -0.2) is 43.9 Å². The summed E-state index contributed by atoms with van der Waals surface area (Å²) >= 11 is 1.09. The molecule has 1 rings (SSSR count). The van der Waals surface area contributed by atoms with E-state index in [9.17, 15) is 14.4 Å². The summed E-state index contributed by atoms with van der Waals surface area (Å²) < 4.78 is 4.77. The van der Waals surface area contributed by atoms with Gasteiger partial charge in [0.25, 0.3) is 5.91 Å². The fourth-order valence-corrected chi connectivity index (χ4v) is 2.86. The highest BCUT2D eigenvalue weighted by atomic mass is 32.1. The number of nitrogens with one attached hydrogen (secondary N) is 1. The third-order valence-corrected chi connectivity index (χ3v) is 4.24. The largest absolute Gasteiger partial charge is 0.465 e. The van der Waals surface area contributed by atoms with Crippen LogP contribution in [0.15, 0.2) is 0 Å².